The molecular weight excluding hydrogens is 224 g/mol. The third kappa shape index (κ3) is 7.68. The number of rotatable bonds is 8. The van der Waals surface area contributed by atoms with Crippen molar-refractivity contribution in [3.05, 3.63) is 0 Å². The van der Waals surface area contributed by atoms with Crippen LogP contribution in [0.1, 0.15) is 34.1 Å². The van der Waals surface area contributed by atoms with E-state index in [-0.39, 0.29) is 13.2 Å². The average molecular weight is 250 g/mol. The summed E-state index contributed by atoms with van der Waals surface area (Å²) in [5.41, 5.74) is -1.77. The van der Waals surface area contributed by atoms with Gasteiger partial charge in [0.15, 0.2) is 0 Å². The van der Waals surface area contributed by atoms with Crippen LogP contribution in [0.25, 0.3) is 0 Å². The molecule has 0 heterocycles. The van der Waals surface area contributed by atoms with E-state index in [9.17, 15) is 15.3 Å². The Morgan fingerprint density at radius 2 is 1.59 bits per heavy atom. The van der Waals surface area contributed by atoms with Crippen molar-refractivity contribution in [2.45, 2.75) is 57.5 Å². The summed E-state index contributed by atoms with van der Waals surface area (Å²) in [5.74, 6) is 0. The van der Waals surface area contributed by atoms with Gasteiger partial charge in [0.25, 0.3) is 0 Å². The molecule has 0 spiro atoms. The zero-order valence-corrected chi connectivity index (χ0v) is 11.4. The summed E-state index contributed by atoms with van der Waals surface area (Å²) in [5, 5.41) is 28.8. The van der Waals surface area contributed by atoms with Gasteiger partial charge in [-0.05, 0) is 27.7 Å². The van der Waals surface area contributed by atoms with E-state index in [2.05, 4.69) is 0 Å². The lowest BCUT2D eigenvalue weighted by Gasteiger charge is -2.31. The lowest BCUT2D eigenvalue weighted by Crippen LogP contribution is -2.42. The first-order valence-corrected chi connectivity index (χ1v) is 5.80. The van der Waals surface area contributed by atoms with Crippen molar-refractivity contribution >= 4 is 0 Å². The third-order valence-electron chi connectivity index (χ3n) is 2.53. The number of methoxy groups -OCH3 is 1. The van der Waals surface area contributed by atoms with Crippen molar-refractivity contribution in [1.29, 1.82) is 0 Å². The van der Waals surface area contributed by atoms with E-state index in [1.165, 1.54) is 21.0 Å². The standard InChI is InChI=1S/C12H26O5/c1-11(2,6-9(13)7-16-5)17-8-10(14)12(3,4)15/h9-10,13-15H,6-8H2,1-5H3. The number of aliphatic hydroxyl groups excluding tert-OH is 2. The molecule has 5 nitrogen and oxygen atoms in total. The summed E-state index contributed by atoms with van der Waals surface area (Å²) in [4.78, 5) is 0. The molecule has 5 heteroatoms. The minimum atomic E-state index is -1.19. The summed E-state index contributed by atoms with van der Waals surface area (Å²) in [6.07, 6.45) is -1.16. The molecular formula is C12H26O5. The predicted octanol–water partition coefficient (Wildman–Crippen LogP) is 0.311. The number of hydrogen-bond donors (Lipinski definition) is 3. The molecule has 0 saturated heterocycles. The first kappa shape index (κ1) is 16.8. The Hall–Kier alpha value is -0.200. The predicted molar refractivity (Wildman–Crippen MR) is 64.8 cm³/mol. The summed E-state index contributed by atoms with van der Waals surface area (Å²) < 4.78 is 10.3. The van der Waals surface area contributed by atoms with Crippen molar-refractivity contribution in [1.82, 2.24) is 0 Å². The monoisotopic (exact) mass is 250 g/mol. The minimum absolute atomic E-state index is 0.0240. The maximum absolute atomic E-state index is 9.62. The summed E-state index contributed by atoms with van der Waals surface area (Å²) in [7, 11) is 1.52. The fourth-order valence-corrected chi connectivity index (χ4v) is 1.39. The topological polar surface area (TPSA) is 79.2 Å². The van der Waals surface area contributed by atoms with Crippen LogP contribution < -0.4 is 0 Å². The van der Waals surface area contributed by atoms with Crippen molar-refractivity contribution in [2.75, 3.05) is 20.3 Å². The van der Waals surface area contributed by atoms with Gasteiger partial charge in [0, 0.05) is 13.5 Å². The quantitative estimate of drug-likeness (QED) is 0.578. The van der Waals surface area contributed by atoms with E-state index >= 15 is 0 Å². The van der Waals surface area contributed by atoms with Crippen molar-refractivity contribution in [3.63, 3.8) is 0 Å². The molecule has 0 aromatic rings. The van der Waals surface area contributed by atoms with Gasteiger partial charge in [-0.15, -0.1) is 0 Å². The maximum atomic E-state index is 9.62. The van der Waals surface area contributed by atoms with Gasteiger partial charge < -0.3 is 24.8 Å². The average Bonchev–Trinajstić information content (AvgIpc) is 2.12. The Balaban J connectivity index is 4.09. The molecule has 0 radical (unpaired) electrons. The molecule has 0 aromatic heterocycles. The molecule has 2 atom stereocenters. The van der Waals surface area contributed by atoms with Gasteiger partial charge in [-0.3, -0.25) is 0 Å². The van der Waals surface area contributed by atoms with E-state index in [4.69, 9.17) is 9.47 Å². The van der Waals surface area contributed by atoms with Crippen molar-refractivity contribution < 1.29 is 24.8 Å². The number of hydrogen-bond acceptors (Lipinski definition) is 5. The fraction of sp³-hybridized carbons (Fsp3) is 1.00. The largest absolute Gasteiger partial charge is 0.391 e. The van der Waals surface area contributed by atoms with Gasteiger partial charge in [-0.25, -0.2) is 0 Å². The van der Waals surface area contributed by atoms with E-state index < -0.39 is 23.4 Å². The van der Waals surface area contributed by atoms with Crippen LogP contribution in [-0.2, 0) is 9.47 Å². The van der Waals surface area contributed by atoms with Crippen LogP contribution in [0.2, 0.25) is 0 Å². The smallest absolute Gasteiger partial charge is 0.105 e. The first-order valence-electron chi connectivity index (χ1n) is 5.80. The van der Waals surface area contributed by atoms with Crippen LogP contribution in [0.3, 0.4) is 0 Å². The van der Waals surface area contributed by atoms with E-state index in [0.717, 1.165) is 0 Å². The molecule has 0 aromatic carbocycles. The second kappa shape index (κ2) is 6.66. The Morgan fingerprint density at radius 3 is 2.00 bits per heavy atom. The number of ether oxygens (including phenoxy) is 2. The first-order chi connectivity index (χ1) is 7.58. The second-order valence-electron chi connectivity index (χ2n) is 5.55. The Labute approximate surface area is 103 Å². The molecule has 0 bridgehead atoms. The maximum Gasteiger partial charge on any atom is 0.105 e. The van der Waals surface area contributed by atoms with Crippen LogP contribution in [0.4, 0.5) is 0 Å². The third-order valence-corrected chi connectivity index (χ3v) is 2.53. The van der Waals surface area contributed by atoms with Gasteiger partial charge in [0.05, 0.1) is 30.5 Å². The minimum Gasteiger partial charge on any atom is -0.391 e. The Kier molecular flexibility index (Phi) is 6.58. The molecule has 0 aliphatic heterocycles. The van der Waals surface area contributed by atoms with Crippen LogP contribution >= 0.6 is 0 Å². The van der Waals surface area contributed by atoms with Crippen LogP contribution in [0.15, 0.2) is 0 Å². The van der Waals surface area contributed by atoms with E-state index in [1.807, 2.05) is 13.8 Å². The fourth-order valence-electron chi connectivity index (χ4n) is 1.39. The van der Waals surface area contributed by atoms with Crippen LogP contribution in [0.5, 0.6) is 0 Å². The summed E-state index contributed by atoms with van der Waals surface area (Å²) in [6.45, 7) is 6.96. The zero-order valence-electron chi connectivity index (χ0n) is 11.4. The van der Waals surface area contributed by atoms with Crippen molar-refractivity contribution in [3.8, 4) is 0 Å². The summed E-state index contributed by atoms with van der Waals surface area (Å²) >= 11 is 0. The zero-order chi connectivity index (χ0) is 13.7. The molecule has 17 heavy (non-hydrogen) atoms. The van der Waals surface area contributed by atoms with Crippen molar-refractivity contribution in [2.24, 2.45) is 0 Å². The highest BCUT2D eigenvalue weighted by Gasteiger charge is 2.29. The van der Waals surface area contributed by atoms with Crippen LogP contribution in [-0.4, -0.2) is 59.1 Å². The molecule has 0 rings (SSSR count). The SMILES string of the molecule is COCC(O)CC(C)(C)OCC(O)C(C)(C)O. The molecule has 104 valence electrons. The lowest BCUT2D eigenvalue weighted by molar-refractivity contribution is -0.131. The molecule has 0 aliphatic carbocycles. The summed E-state index contributed by atoms with van der Waals surface area (Å²) in [6, 6.07) is 0. The number of aliphatic hydroxyl groups is 3. The van der Waals surface area contributed by atoms with E-state index in [0.29, 0.717) is 6.42 Å². The normalized spacial score (nSPS) is 16.9. The molecule has 2 unspecified atom stereocenters. The molecule has 0 saturated carbocycles. The Bertz CT molecular complexity index is 209. The van der Waals surface area contributed by atoms with E-state index in [1.54, 1.807) is 0 Å². The Morgan fingerprint density at radius 1 is 1.06 bits per heavy atom. The molecule has 3 N–H and O–H groups in total. The second-order valence-corrected chi connectivity index (χ2v) is 5.55. The highest BCUT2D eigenvalue weighted by atomic mass is 16.5. The van der Waals surface area contributed by atoms with Gasteiger partial charge in [0.2, 0.25) is 0 Å². The van der Waals surface area contributed by atoms with Gasteiger partial charge in [-0.1, -0.05) is 0 Å². The highest BCUT2D eigenvalue weighted by Crippen LogP contribution is 2.19. The van der Waals surface area contributed by atoms with Gasteiger partial charge >= 0.3 is 0 Å². The van der Waals surface area contributed by atoms with Gasteiger partial charge in [-0.2, -0.15) is 0 Å². The highest BCUT2D eigenvalue weighted by molar-refractivity contribution is 4.79. The molecule has 0 aliphatic rings. The lowest BCUT2D eigenvalue weighted by atomic mass is 9.99. The molecule has 0 fully saturated rings. The van der Waals surface area contributed by atoms with Gasteiger partial charge in [0.1, 0.15) is 6.10 Å². The van der Waals surface area contributed by atoms with Crippen LogP contribution in [0, 0.1) is 0 Å². The molecule has 0 amide bonds.